The number of thiazole rings is 1. The number of hydroxylamine groups is 2. The number of hydrogen-bond donors (Lipinski definition) is 1. The standard InChI is InChI=1S/C25H20FN3O3S/c1-29(32-24(31)18-6-7-18)23(30)17-4-2-15(3-5-17)16-8-11-20(12-9-16)27-25-28-21-13-10-19(26)14-22(21)33-25/h2-5,8-14,18H,6-7H2,1H3,(H,27,28). The minimum absolute atomic E-state index is 0.0715. The van der Waals surface area contributed by atoms with Crippen LogP contribution in [0.1, 0.15) is 23.2 Å². The monoisotopic (exact) mass is 461 g/mol. The van der Waals surface area contributed by atoms with Crippen molar-refractivity contribution in [2.75, 3.05) is 12.4 Å². The molecule has 8 heteroatoms. The van der Waals surface area contributed by atoms with E-state index in [9.17, 15) is 14.0 Å². The zero-order valence-electron chi connectivity index (χ0n) is 17.7. The molecule has 1 N–H and O–H groups in total. The molecule has 0 saturated heterocycles. The van der Waals surface area contributed by atoms with Crippen molar-refractivity contribution in [3.63, 3.8) is 0 Å². The molecule has 4 aromatic rings. The lowest BCUT2D eigenvalue weighted by atomic mass is 10.0. The molecule has 1 amide bonds. The lowest BCUT2D eigenvalue weighted by Gasteiger charge is -2.16. The Hall–Kier alpha value is -3.78. The highest BCUT2D eigenvalue weighted by Crippen LogP contribution is 2.31. The van der Waals surface area contributed by atoms with E-state index >= 15 is 0 Å². The maximum absolute atomic E-state index is 13.4. The molecule has 0 bridgehead atoms. The molecule has 3 aromatic carbocycles. The molecule has 0 unspecified atom stereocenters. The van der Waals surface area contributed by atoms with Gasteiger partial charge in [-0.1, -0.05) is 35.6 Å². The van der Waals surface area contributed by atoms with E-state index in [2.05, 4.69) is 10.3 Å². The number of nitrogens with one attached hydrogen (secondary N) is 1. The van der Waals surface area contributed by atoms with Crippen LogP contribution < -0.4 is 5.32 Å². The van der Waals surface area contributed by atoms with Gasteiger partial charge in [0, 0.05) is 18.3 Å². The Balaban J connectivity index is 1.24. The molecule has 33 heavy (non-hydrogen) atoms. The van der Waals surface area contributed by atoms with E-state index in [1.54, 1.807) is 18.2 Å². The molecule has 166 valence electrons. The van der Waals surface area contributed by atoms with E-state index in [0.717, 1.165) is 44.9 Å². The van der Waals surface area contributed by atoms with Crippen molar-refractivity contribution in [1.29, 1.82) is 0 Å². The Morgan fingerprint density at radius 3 is 2.36 bits per heavy atom. The third kappa shape index (κ3) is 4.70. The first-order valence-corrected chi connectivity index (χ1v) is 11.3. The molecule has 6 nitrogen and oxygen atoms in total. The summed E-state index contributed by atoms with van der Waals surface area (Å²) in [4.78, 5) is 33.8. The average molecular weight is 462 g/mol. The summed E-state index contributed by atoms with van der Waals surface area (Å²) in [6, 6.07) is 19.5. The SMILES string of the molecule is CN(OC(=O)C1CC1)C(=O)c1ccc(-c2ccc(Nc3nc4ccc(F)cc4s3)cc2)cc1. The van der Waals surface area contributed by atoms with E-state index in [1.165, 1.54) is 30.5 Å². The number of halogens is 1. The van der Waals surface area contributed by atoms with Gasteiger partial charge in [-0.25, -0.2) is 14.2 Å². The molecular weight excluding hydrogens is 441 g/mol. The van der Waals surface area contributed by atoms with Gasteiger partial charge in [-0.2, -0.15) is 5.06 Å². The van der Waals surface area contributed by atoms with E-state index in [-0.39, 0.29) is 23.6 Å². The number of aromatic nitrogens is 1. The van der Waals surface area contributed by atoms with E-state index < -0.39 is 0 Å². The first kappa shape index (κ1) is 21.1. The Morgan fingerprint density at radius 1 is 1.03 bits per heavy atom. The smallest absolute Gasteiger partial charge is 0.335 e. The fourth-order valence-corrected chi connectivity index (χ4v) is 4.29. The van der Waals surface area contributed by atoms with Crippen LogP contribution in [-0.4, -0.2) is 29.0 Å². The molecule has 0 atom stereocenters. The van der Waals surface area contributed by atoms with Crippen molar-refractivity contribution in [2.45, 2.75) is 12.8 Å². The number of hydrogen-bond acceptors (Lipinski definition) is 6. The van der Waals surface area contributed by atoms with Gasteiger partial charge in [0.05, 0.1) is 16.1 Å². The van der Waals surface area contributed by atoms with Crippen molar-refractivity contribution < 1.29 is 18.8 Å². The predicted molar refractivity (Wildman–Crippen MR) is 126 cm³/mol. The normalized spacial score (nSPS) is 13.0. The summed E-state index contributed by atoms with van der Waals surface area (Å²) in [6.45, 7) is 0. The van der Waals surface area contributed by atoms with Gasteiger partial charge in [0.25, 0.3) is 5.91 Å². The van der Waals surface area contributed by atoms with Crippen LogP contribution in [0, 0.1) is 11.7 Å². The van der Waals surface area contributed by atoms with Crippen molar-refractivity contribution in [1.82, 2.24) is 10.0 Å². The molecule has 1 aromatic heterocycles. The number of carbonyl (C=O) groups is 2. The topological polar surface area (TPSA) is 71.5 Å². The van der Waals surface area contributed by atoms with Gasteiger partial charge in [0.2, 0.25) is 0 Å². The highest BCUT2D eigenvalue weighted by atomic mass is 32.1. The van der Waals surface area contributed by atoms with Crippen LogP contribution in [0.4, 0.5) is 15.2 Å². The van der Waals surface area contributed by atoms with Crippen LogP contribution >= 0.6 is 11.3 Å². The summed E-state index contributed by atoms with van der Waals surface area (Å²) in [5.41, 5.74) is 3.99. The van der Waals surface area contributed by atoms with Crippen LogP contribution in [0.15, 0.2) is 66.7 Å². The van der Waals surface area contributed by atoms with Gasteiger partial charge in [-0.3, -0.25) is 4.79 Å². The van der Waals surface area contributed by atoms with Gasteiger partial charge in [0.1, 0.15) is 5.82 Å². The average Bonchev–Trinajstić information content (AvgIpc) is 3.60. The Bertz CT molecular complexity index is 1330. The zero-order valence-corrected chi connectivity index (χ0v) is 18.6. The van der Waals surface area contributed by atoms with Crippen LogP contribution in [0.25, 0.3) is 21.3 Å². The Morgan fingerprint density at radius 2 is 1.70 bits per heavy atom. The summed E-state index contributed by atoms with van der Waals surface area (Å²) in [5, 5.41) is 4.93. The fraction of sp³-hybridized carbons (Fsp3) is 0.160. The van der Waals surface area contributed by atoms with Gasteiger partial charge in [-0.05, 0) is 66.4 Å². The summed E-state index contributed by atoms with van der Waals surface area (Å²) in [6.07, 6.45) is 1.65. The van der Waals surface area contributed by atoms with Gasteiger partial charge in [0.15, 0.2) is 5.13 Å². The number of nitrogens with zero attached hydrogens (tertiary/aromatic N) is 2. The number of rotatable bonds is 5. The highest BCUT2D eigenvalue weighted by Gasteiger charge is 2.33. The number of fused-ring (bicyclic) bond motifs is 1. The quantitative estimate of drug-likeness (QED) is 0.381. The van der Waals surface area contributed by atoms with Crippen molar-refractivity contribution >= 4 is 44.2 Å². The van der Waals surface area contributed by atoms with Crippen molar-refractivity contribution in [3.8, 4) is 11.1 Å². The molecular formula is C25H20FN3O3S. The molecule has 1 aliphatic carbocycles. The molecule has 0 radical (unpaired) electrons. The van der Waals surface area contributed by atoms with E-state index in [1.807, 2.05) is 36.4 Å². The maximum Gasteiger partial charge on any atom is 0.335 e. The second kappa shape index (κ2) is 8.63. The number of anilines is 2. The van der Waals surface area contributed by atoms with Crippen molar-refractivity contribution in [2.24, 2.45) is 5.92 Å². The zero-order chi connectivity index (χ0) is 22.9. The first-order valence-electron chi connectivity index (χ1n) is 10.5. The van der Waals surface area contributed by atoms with Crippen LogP contribution in [-0.2, 0) is 9.63 Å². The lowest BCUT2D eigenvalue weighted by molar-refractivity contribution is -0.174. The third-order valence-corrected chi connectivity index (χ3v) is 6.31. The predicted octanol–water partition coefficient (Wildman–Crippen LogP) is 5.79. The minimum Gasteiger partial charge on any atom is -0.338 e. The number of benzene rings is 3. The molecule has 0 spiro atoms. The largest absolute Gasteiger partial charge is 0.338 e. The van der Waals surface area contributed by atoms with E-state index in [0.29, 0.717) is 10.7 Å². The molecule has 1 aliphatic rings. The summed E-state index contributed by atoms with van der Waals surface area (Å²) in [5.74, 6) is -1.07. The summed E-state index contributed by atoms with van der Waals surface area (Å²) < 4.78 is 14.2. The second-order valence-electron chi connectivity index (χ2n) is 7.90. The Labute approximate surface area is 193 Å². The molecule has 0 aliphatic heterocycles. The highest BCUT2D eigenvalue weighted by molar-refractivity contribution is 7.22. The molecule has 1 fully saturated rings. The number of amides is 1. The van der Waals surface area contributed by atoms with Crippen LogP contribution in [0.5, 0.6) is 0 Å². The van der Waals surface area contributed by atoms with E-state index in [4.69, 9.17) is 4.84 Å². The molecule has 1 heterocycles. The first-order chi connectivity index (χ1) is 16.0. The summed E-state index contributed by atoms with van der Waals surface area (Å²) in [7, 11) is 1.45. The summed E-state index contributed by atoms with van der Waals surface area (Å²) >= 11 is 1.39. The van der Waals surface area contributed by atoms with Crippen LogP contribution in [0.3, 0.4) is 0 Å². The second-order valence-corrected chi connectivity index (χ2v) is 8.93. The fourth-order valence-electron chi connectivity index (χ4n) is 3.38. The maximum atomic E-state index is 13.4. The van der Waals surface area contributed by atoms with Crippen LogP contribution in [0.2, 0.25) is 0 Å². The lowest BCUT2D eigenvalue weighted by Crippen LogP contribution is -2.30. The molecule has 5 rings (SSSR count). The van der Waals surface area contributed by atoms with Crippen molar-refractivity contribution in [3.05, 3.63) is 78.1 Å². The number of carbonyl (C=O) groups excluding carboxylic acids is 2. The Kier molecular flexibility index (Phi) is 5.51. The molecule has 1 saturated carbocycles. The third-order valence-electron chi connectivity index (χ3n) is 5.38. The van der Waals surface area contributed by atoms with Gasteiger partial charge < -0.3 is 10.2 Å². The van der Waals surface area contributed by atoms with Gasteiger partial charge in [-0.15, -0.1) is 0 Å². The minimum atomic E-state index is -0.370. The van der Waals surface area contributed by atoms with Gasteiger partial charge >= 0.3 is 5.97 Å².